The van der Waals surface area contributed by atoms with Gasteiger partial charge in [0.2, 0.25) is 0 Å². The second-order valence-electron chi connectivity index (χ2n) is 5.56. The van der Waals surface area contributed by atoms with Crippen LogP contribution in [-0.4, -0.2) is 13.0 Å². The van der Waals surface area contributed by atoms with Crippen LogP contribution in [0.4, 0.5) is 0 Å². The Labute approximate surface area is 145 Å². The molecule has 1 atom stereocenters. The molecule has 0 fully saturated rings. The van der Waals surface area contributed by atoms with Gasteiger partial charge in [0.15, 0.2) is 0 Å². The fourth-order valence-electron chi connectivity index (χ4n) is 2.49. The zero-order valence-electron chi connectivity index (χ0n) is 13.7. The lowest BCUT2D eigenvalue weighted by molar-refractivity contribution is 0.0943. The van der Waals surface area contributed by atoms with Crippen LogP contribution < -0.4 is 10.1 Å². The Morgan fingerprint density at radius 1 is 1.04 bits per heavy atom. The monoisotopic (exact) mass is 337 g/mol. The van der Waals surface area contributed by atoms with E-state index in [9.17, 15) is 4.79 Å². The van der Waals surface area contributed by atoms with Gasteiger partial charge in [0.25, 0.3) is 5.91 Å². The summed E-state index contributed by atoms with van der Waals surface area (Å²) in [6.45, 7) is 2.06. The van der Waals surface area contributed by atoms with Crippen LogP contribution in [0.5, 0.6) is 5.75 Å². The molecule has 0 aliphatic carbocycles. The van der Waals surface area contributed by atoms with Crippen molar-refractivity contribution >= 4 is 17.2 Å². The first-order valence-electron chi connectivity index (χ1n) is 7.72. The fourth-order valence-corrected chi connectivity index (χ4v) is 3.29. The van der Waals surface area contributed by atoms with Crippen LogP contribution in [0.2, 0.25) is 0 Å². The highest BCUT2D eigenvalue weighted by Crippen LogP contribution is 2.27. The van der Waals surface area contributed by atoms with E-state index in [4.69, 9.17) is 4.74 Å². The molecular formula is C20H19NO2S. The summed E-state index contributed by atoms with van der Waals surface area (Å²) >= 11 is 1.64. The number of hydrogen-bond acceptors (Lipinski definition) is 3. The van der Waals surface area contributed by atoms with Crippen LogP contribution in [0.1, 0.15) is 32.4 Å². The average Bonchev–Trinajstić information content (AvgIpc) is 3.15. The van der Waals surface area contributed by atoms with E-state index in [0.717, 1.165) is 16.2 Å². The number of rotatable bonds is 5. The molecule has 0 radical (unpaired) electrons. The third kappa shape index (κ3) is 3.66. The summed E-state index contributed by atoms with van der Waals surface area (Å²) in [5.41, 5.74) is 2.89. The van der Waals surface area contributed by atoms with Gasteiger partial charge in [-0.3, -0.25) is 4.79 Å². The number of hydrogen-bond donors (Lipinski definition) is 1. The van der Waals surface area contributed by atoms with E-state index in [0.29, 0.717) is 5.56 Å². The van der Waals surface area contributed by atoms with Gasteiger partial charge in [0.1, 0.15) is 5.75 Å². The highest BCUT2D eigenvalue weighted by atomic mass is 32.1. The number of methoxy groups -OCH3 is 1. The first-order chi connectivity index (χ1) is 11.7. The Hall–Kier alpha value is -2.59. The Morgan fingerprint density at radius 3 is 2.33 bits per heavy atom. The van der Waals surface area contributed by atoms with Crippen molar-refractivity contribution in [2.75, 3.05) is 7.11 Å². The van der Waals surface area contributed by atoms with Gasteiger partial charge < -0.3 is 10.1 Å². The van der Waals surface area contributed by atoms with Crippen LogP contribution in [0.25, 0.3) is 0 Å². The predicted octanol–water partition coefficient (Wildman–Crippen LogP) is 4.58. The molecule has 122 valence electrons. The minimum Gasteiger partial charge on any atom is -0.497 e. The lowest BCUT2D eigenvalue weighted by atomic mass is 10.0. The third-order valence-electron chi connectivity index (χ3n) is 3.87. The van der Waals surface area contributed by atoms with Crippen molar-refractivity contribution in [3.05, 3.63) is 87.6 Å². The zero-order chi connectivity index (χ0) is 16.9. The van der Waals surface area contributed by atoms with Gasteiger partial charge >= 0.3 is 0 Å². The molecule has 3 aromatic rings. The van der Waals surface area contributed by atoms with Crippen molar-refractivity contribution in [1.29, 1.82) is 0 Å². The van der Waals surface area contributed by atoms with Gasteiger partial charge in [-0.05, 0) is 48.2 Å². The van der Waals surface area contributed by atoms with E-state index in [1.165, 1.54) is 5.56 Å². The molecular weight excluding hydrogens is 318 g/mol. The fraction of sp³-hybridized carbons (Fsp3) is 0.150. The third-order valence-corrected chi connectivity index (χ3v) is 4.80. The first-order valence-corrected chi connectivity index (χ1v) is 8.60. The molecule has 0 saturated heterocycles. The average molecular weight is 337 g/mol. The van der Waals surface area contributed by atoms with Crippen molar-refractivity contribution < 1.29 is 9.53 Å². The molecule has 3 nitrogen and oxygen atoms in total. The molecule has 0 spiro atoms. The van der Waals surface area contributed by atoms with E-state index in [-0.39, 0.29) is 11.9 Å². The molecule has 4 heteroatoms. The predicted molar refractivity (Wildman–Crippen MR) is 97.8 cm³/mol. The topological polar surface area (TPSA) is 38.3 Å². The summed E-state index contributed by atoms with van der Waals surface area (Å²) in [5.74, 6) is 0.636. The molecule has 1 N–H and O–H groups in total. The van der Waals surface area contributed by atoms with Gasteiger partial charge in [-0.2, -0.15) is 0 Å². The molecule has 3 rings (SSSR count). The molecule has 1 unspecified atom stereocenters. The number of amides is 1. The maximum absolute atomic E-state index is 12.6. The molecule has 1 heterocycles. The Kier molecular flexibility index (Phi) is 4.96. The quantitative estimate of drug-likeness (QED) is 0.740. The summed E-state index contributed by atoms with van der Waals surface area (Å²) in [7, 11) is 1.61. The number of carbonyl (C=O) groups is 1. The largest absolute Gasteiger partial charge is 0.497 e. The minimum atomic E-state index is -0.153. The lowest BCUT2D eigenvalue weighted by Crippen LogP contribution is -2.28. The number of benzene rings is 2. The Bertz CT molecular complexity index is 793. The first kappa shape index (κ1) is 16.3. The minimum absolute atomic E-state index is 0.100. The Balaban J connectivity index is 1.86. The molecule has 0 bridgehead atoms. The number of nitrogens with one attached hydrogen (secondary N) is 1. The Morgan fingerprint density at radius 2 is 1.75 bits per heavy atom. The van der Waals surface area contributed by atoms with Gasteiger partial charge in [-0.15, -0.1) is 11.3 Å². The van der Waals surface area contributed by atoms with Crippen molar-refractivity contribution in [3.63, 3.8) is 0 Å². The van der Waals surface area contributed by atoms with Crippen LogP contribution in [-0.2, 0) is 0 Å². The normalized spacial score (nSPS) is 11.8. The second kappa shape index (κ2) is 7.32. The lowest BCUT2D eigenvalue weighted by Gasteiger charge is -2.18. The number of carbonyl (C=O) groups excluding carboxylic acids is 1. The van der Waals surface area contributed by atoms with Crippen molar-refractivity contribution in [2.24, 2.45) is 0 Å². The van der Waals surface area contributed by atoms with E-state index in [2.05, 4.69) is 36.5 Å². The van der Waals surface area contributed by atoms with E-state index in [1.54, 1.807) is 42.7 Å². The second-order valence-corrected chi connectivity index (χ2v) is 6.54. The molecule has 1 amide bonds. The van der Waals surface area contributed by atoms with Crippen LogP contribution in [0.3, 0.4) is 0 Å². The van der Waals surface area contributed by atoms with Crippen molar-refractivity contribution in [2.45, 2.75) is 13.0 Å². The molecule has 2 aromatic carbocycles. The smallest absolute Gasteiger partial charge is 0.252 e. The van der Waals surface area contributed by atoms with Crippen LogP contribution >= 0.6 is 11.3 Å². The SMILES string of the molecule is COc1ccc(C(=O)NC(c2ccc(C)cc2)c2cccs2)cc1. The van der Waals surface area contributed by atoms with E-state index in [1.807, 2.05) is 17.5 Å². The highest BCUT2D eigenvalue weighted by Gasteiger charge is 2.18. The van der Waals surface area contributed by atoms with Crippen molar-refractivity contribution in [1.82, 2.24) is 5.32 Å². The number of aryl methyl sites for hydroxylation is 1. The van der Waals surface area contributed by atoms with Gasteiger partial charge in [0, 0.05) is 10.4 Å². The molecule has 24 heavy (non-hydrogen) atoms. The van der Waals surface area contributed by atoms with Crippen LogP contribution in [0, 0.1) is 6.92 Å². The number of ether oxygens (including phenoxy) is 1. The van der Waals surface area contributed by atoms with Crippen LogP contribution in [0.15, 0.2) is 66.0 Å². The molecule has 0 aliphatic heterocycles. The van der Waals surface area contributed by atoms with Gasteiger partial charge in [-0.1, -0.05) is 35.9 Å². The summed E-state index contributed by atoms with van der Waals surface area (Å²) < 4.78 is 5.14. The van der Waals surface area contributed by atoms with E-state index < -0.39 is 0 Å². The maximum Gasteiger partial charge on any atom is 0.252 e. The zero-order valence-corrected chi connectivity index (χ0v) is 14.5. The summed E-state index contributed by atoms with van der Waals surface area (Å²) in [6, 6.07) is 19.3. The summed E-state index contributed by atoms with van der Waals surface area (Å²) in [6.07, 6.45) is 0. The molecule has 1 aromatic heterocycles. The number of thiophene rings is 1. The van der Waals surface area contributed by atoms with Gasteiger partial charge in [-0.25, -0.2) is 0 Å². The molecule has 0 saturated carbocycles. The standard InChI is InChI=1S/C20H19NO2S/c1-14-5-7-15(8-6-14)19(18-4-3-13-24-18)21-20(22)16-9-11-17(23-2)12-10-16/h3-13,19H,1-2H3,(H,21,22). The summed E-state index contributed by atoms with van der Waals surface area (Å²) in [4.78, 5) is 13.8. The van der Waals surface area contributed by atoms with E-state index >= 15 is 0 Å². The van der Waals surface area contributed by atoms with Crippen molar-refractivity contribution in [3.8, 4) is 5.75 Å². The van der Waals surface area contributed by atoms with Gasteiger partial charge in [0.05, 0.1) is 13.2 Å². The molecule has 0 aliphatic rings. The summed E-state index contributed by atoms with van der Waals surface area (Å²) in [5, 5.41) is 5.16. The maximum atomic E-state index is 12.6. The highest BCUT2D eigenvalue weighted by molar-refractivity contribution is 7.10.